The maximum Gasteiger partial charge on any atom is 0.311 e. The van der Waals surface area contributed by atoms with Crippen molar-refractivity contribution < 1.29 is 29.7 Å². The van der Waals surface area contributed by atoms with Gasteiger partial charge in [-0.3, -0.25) is 14.4 Å². The molecular weight excluding hydrogens is 204 g/mol. The van der Waals surface area contributed by atoms with Gasteiger partial charge in [-0.05, 0) is 6.42 Å². The van der Waals surface area contributed by atoms with Gasteiger partial charge in [-0.25, -0.2) is 0 Å². The third kappa shape index (κ3) is 1.58. The van der Waals surface area contributed by atoms with Crippen LogP contribution in [0.5, 0.6) is 0 Å². The van der Waals surface area contributed by atoms with Crippen LogP contribution in [0.2, 0.25) is 0 Å². The molecule has 1 rings (SSSR count). The van der Waals surface area contributed by atoms with Crippen LogP contribution in [0.15, 0.2) is 12.2 Å². The summed E-state index contributed by atoms with van der Waals surface area (Å²) in [6.45, 7) is 3.41. The summed E-state index contributed by atoms with van der Waals surface area (Å²) >= 11 is 0. The normalized spacial score (nSPS) is 29.3. The summed E-state index contributed by atoms with van der Waals surface area (Å²) < 4.78 is 0. The highest BCUT2D eigenvalue weighted by atomic mass is 16.4. The highest BCUT2D eigenvalue weighted by molar-refractivity contribution is 5.92. The number of carbonyl (C=O) groups is 3. The number of hydrogen-bond donors (Lipinski definition) is 3. The Balaban J connectivity index is 3.04. The SMILES string of the molecule is C=C1CC(CC(=O)O)(C(=O)O)C1C(=O)O. The Morgan fingerprint density at radius 2 is 1.87 bits per heavy atom. The Bertz CT molecular complexity index is 350. The molecule has 1 fully saturated rings. The van der Waals surface area contributed by atoms with Crippen molar-refractivity contribution >= 4 is 17.9 Å². The van der Waals surface area contributed by atoms with Crippen molar-refractivity contribution in [1.82, 2.24) is 0 Å². The minimum atomic E-state index is -1.73. The van der Waals surface area contributed by atoms with E-state index >= 15 is 0 Å². The van der Waals surface area contributed by atoms with E-state index in [1.54, 1.807) is 0 Å². The molecule has 2 atom stereocenters. The Morgan fingerprint density at radius 3 is 2.13 bits per heavy atom. The predicted molar refractivity (Wildman–Crippen MR) is 47.2 cm³/mol. The monoisotopic (exact) mass is 214 g/mol. The Kier molecular flexibility index (Phi) is 2.53. The van der Waals surface area contributed by atoms with Gasteiger partial charge in [-0.15, -0.1) is 0 Å². The highest BCUT2D eigenvalue weighted by Gasteiger charge is 2.60. The first kappa shape index (κ1) is 11.2. The molecule has 6 heteroatoms. The summed E-state index contributed by atoms with van der Waals surface area (Å²) in [4.78, 5) is 32.2. The van der Waals surface area contributed by atoms with Gasteiger partial charge in [-0.1, -0.05) is 12.2 Å². The summed E-state index contributed by atoms with van der Waals surface area (Å²) in [5, 5.41) is 26.2. The van der Waals surface area contributed by atoms with Crippen LogP contribution in [0, 0.1) is 11.3 Å². The van der Waals surface area contributed by atoms with E-state index in [2.05, 4.69) is 6.58 Å². The van der Waals surface area contributed by atoms with E-state index in [0.717, 1.165) is 0 Å². The molecular formula is C9H10O6. The maximum absolute atomic E-state index is 10.9. The molecule has 0 amide bonds. The first-order valence-corrected chi connectivity index (χ1v) is 4.17. The van der Waals surface area contributed by atoms with Crippen LogP contribution < -0.4 is 0 Å². The lowest BCUT2D eigenvalue weighted by atomic mass is 9.55. The van der Waals surface area contributed by atoms with Crippen LogP contribution in [0.1, 0.15) is 12.8 Å². The van der Waals surface area contributed by atoms with Gasteiger partial charge in [0.25, 0.3) is 0 Å². The van der Waals surface area contributed by atoms with E-state index in [9.17, 15) is 14.4 Å². The molecule has 0 spiro atoms. The van der Waals surface area contributed by atoms with E-state index in [0.29, 0.717) is 0 Å². The van der Waals surface area contributed by atoms with Crippen LogP contribution in [-0.2, 0) is 14.4 Å². The lowest BCUT2D eigenvalue weighted by Crippen LogP contribution is -2.53. The van der Waals surface area contributed by atoms with Crippen LogP contribution in [0.25, 0.3) is 0 Å². The van der Waals surface area contributed by atoms with Gasteiger partial charge in [0.05, 0.1) is 17.8 Å². The molecule has 0 aromatic carbocycles. The van der Waals surface area contributed by atoms with Crippen molar-refractivity contribution in [1.29, 1.82) is 0 Å². The standard InChI is InChI=1S/C9H10O6/c1-4-2-9(8(14)15,3-5(10)11)6(4)7(12)13/h6H,1-3H2,(H,10,11)(H,12,13)(H,14,15). The third-order valence-corrected chi connectivity index (χ3v) is 2.64. The van der Waals surface area contributed by atoms with Gasteiger partial charge in [0, 0.05) is 0 Å². The first-order chi connectivity index (χ1) is 6.81. The third-order valence-electron chi connectivity index (χ3n) is 2.64. The number of carboxylic acid groups (broad SMARTS) is 3. The summed E-state index contributed by atoms with van der Waals surface area (Å²) in [5.41, 5.74) is -1.47. The zero-order valence-electron chi connectivity index (χ0n) is 7.77. The Hall–Kier alpha value is -1.85. The number of carboxylic acids is 3. The molecule has 82 valence electrons. The summed E-state index contributed by atoms with van der Waals surface area (Å²) in [5.74, 6) is -5.36. The molecule has 15 heavy (non-hydrogen) atoms. The average Bonchev–Trinajstić information content (AvgIpc) is 1.98. The fraction of sp³-hybridized carbons (Fsp3) is 0.444. The minimum Gasteiger partial charge on any atom is -0.481 e. The Morgan fingerprint density at radius 1 is 1.33 bits per heavy atom. The van der Waals surface area contributed by atoms with Crippen LogP contribution in [0.3, 0.4) is 0 Å². The summed E-state index contributed by atoms with van der Waals surface area (Å²) in [7, 11) is 0. The molecule has 3 N–H and O–H groups in total. The minimum absolute atomic E-state index is 0.0917. The van der Waals surface area contributed by atoms with E-state index in [4.69, 9.17) is 15.3 Å². The van der Waals surface area contributed by atoms with Gasteiger partial charge >= 0.3 is 17.9 Å². The quantitative estimate of drug-likeness (QED) is 0.576. The molecule has 0 radical (unpaired) electrons. The van der Waals surface area contributed by atoms with Crippen molar-refractivity contribution in [2.45, 2.75) is 12.8 Å². The fourth-order valence-corrected chi connectivity index (χ4v) is 1.99. The van der Waals surface area contributed by atoms with Crippen molar-refractivity contribution in [2.75, 3.05) is 0 Å². The maximum atomic E-state index is 10.9. The molecule has 0 heterocycles. The van der Waals surface area contributed by atoms with Crippen LogP contribution in [0.4, 0.5) is 0 Å². The lowest BCUT2D eigenvalue weighted by Gasteiger charge is -2.44. The molecule has 0 aromatic rings. The van der Waals surface area contributed by atoms with Gasteiger partial charge in [0.15, 0.2) is 0 Å². The first-order valence-electron chi connectivity index (χ1n) is 4.17. The van der Waals surface area contributed by atoms with E-state index in [-0.39, 0.29) is 12.0 Å². The van der Waals surface area contributed by atoms with E-state index < -0.39 is 35.7 Å². The Labute approximate surface area is 84.8 Å². The topological polar surface area (TPSA) is 112 Å². The van der Waals surface area contributed by atoms with E-state index in [1.165, 1.54) is 0 Å². The molecule has 0 saturated heterocycles. The second kappa shape index (κ2) is 3.38. The number of hydrogen-bond acceptors (Lipinski definition) is 3. The molecule has 0 aromatic heterocycles. The molecule has 0 aliphatic heterocycles. The van der Waals surface area contributed by atoms with Crippen LogP contribution >= 0.6 is 0 Å². The molecule has 6 nitrogen and oxygen atoms in total. The lowest BCUT2D eigenvalue weighted by molar-refractivity contribution is -0.171. The van der Waals surface area contributed by atoms with Gasteiger partial charge in [0.1, 0.15) is 0 Å². The molecule has 1 aliphatic rings. The predicted octanol–water partition coefficient (Wildman–Crippen LogP) is 0.193. The van der Waals surface area contributed by atoms with Gasteiger partial charge in [-0.2, -0.15) is 0 Å². The van der Waals surface area contributed by atoms with Gasteiger partial charge < -0.3 is 15.3 Å². The molecule has 1 aliphatic carbocycles. The largest absolute Gasteiger partial charge is 0.481 e. The summed E-state index contributed by atoms with van der Waals surface area (Å²) in [6.07, 6.45) is -0.788. The van der Waals surface area contributed by atoms with Gasteiger partial charge in [0.2, 0.25) is 0 Å². The molecule has 2 unspecified atom stereocenters. The van der Waals surface area contributed by atoms with Crippen molar-refractivity contribution in [3.63, 3.8) is 0 Å². The van der Waals surface area contributed by atoms with Crippen LogP contribution in [-0.4, -0.2) is 33.2 Å². The number of rotatable bonds is 4. The van der Waals surface area contributed by atoms with Crippen molar-refractivity contribution in [2.24, 2.45) is 11.3 Å². The second-order valence-electron chi connectivity index (χ2n) is 3.64. The number of aliphatic carboxylic acids is 3. The zero-order valence-corrected chi connectivity index (χ0v) is 7.77. The fourth-order valence-electron chi connectivity index (χ4n) is 1.99. The average molecular weight is 214 g/mol. The van der Waals surface area contributed by atoms with Crippen molar-refractivity contribution in [3.8, 4) is 0 Å². The summed E-state index contributed by atoms with van der Waals surface area (Å²) in [6, 6.07) is 0. The van der Waals surface area contributed by atoms with E-state index in [1.807, 2.05) is 0 Å². The molecule has 0 bridgehead atoms. The second-order valence-corrected chi connectivity index (χ2v) is 3.64. The van der Waals surface area contributed by atoms with Crippen molar-refractivity contribution in [3.05, 3.63) is 12.2 Å². The smallest absolute Gasteiger partial charge is 0.311 e. The zero-order chi connectivity index (χ0) is 11.8. The molecule has 1 saturated carbocycles. The highest BCUT2D eigenvalue weighted by Crippen LogP contribution is 2.52.